The first-order valence-electron chi connectivity index (χ1n) is 6.76. The van der Waals surface area contributed by atoms with E-state index in [1.54, 1.807) is 0 Å². The monoisotopic (exact) mass is 228 g/mol. The van der Waals surface area contributed by atoms with Crippen LogP contribution in [-0.2, 0) is 0 Å². The molecule has 0 aromatic heterocycles. The fourth-order valence-corrected chi connectivity index (χ4v) is 2.39. The fraction of sp³-hybridized carbons (Fsp3) is 1.00. The van der Waals surface area contributed by atoms with Crippen LogP contribution in [0, 0.1) is 11.8 Å². The van der Waals surface area contributed by atoms with E-state index >= 15 is 0 Å². The number of aliphatic hydroxyl groups excluding tert-OH is 1. The molecule has 1 atom stereocenters. The first kappa shape index (κ1) is 13.9. The Labute approximate surface area is 100 Å². The minimum Gasteiger partial charge on any atom is -0.396 e. The highest BCUT2D eigenvalue weighted by Gasteiger charge is 2.18. The van der Waals surface area contributed by atoms with Gasteiger partial charge in [-0.2, -0.15) is 0 Å². The molecule has 0 amide bonds. The van der Waals surface area contributed by atoms with Crippen molar-refractivity contribution >= 4 is 0 Å². The van der Waals surface area contributed by atoms with E-state index in [4.69, 9.17) is 5.11 Å². The molecule has 1 heterocycles. The van der Waals surface area contributed by atoms with Gasteiger partial charge in [-0.3, -0.25) is 0 Å². The van der Waals surface area contributed by atoms with Crippen molar-refractivity contribution in [2.24, 2.45) is 11.8 Å². The highest BCUT2D eigenvalue weighted by molar-refractivity contribution is 4.74. The highest BCUT2D eigenvalue weighted by atomic mass is 16.3. The number of aliphatic hydroxyl groups is 1. The van der Waals surface area contributed by atoms with E-state index in [2.05, 4.69) is 24.1 Å². The van der Waals surface area contributed by atoms with Gasteiger partial charge in [0.2, 0.25) is 0 Å². The molecule has 1 aliphatic heterocycles. The van der Waals surface area contributed by atoms with Crippen LogP contribution in [0.1, 0.15) is 33.1 Å². The zero-order chi connectivity index (χ0) is 11.8. The van der Waals surface area contributed by atoms with Crippen molar-refractivity contribution < 1.29 is 5.11 Å². The number of piperidine rings is 1. The van der Waals surface area contributed by atoms with E-state index in [0.717, 1.165) is 37.9 Å². The van der Waals surface area contributed by atoms with Crippen LogP contribution in [0.25, 0.3) is 0 Å². The molecule has 0 saturated carbocycles. The summed E-state index contributed by atoms with van der Waals surface area (Å²) >= 11 is 0. The average Bonchev–Trinajstić information content (AvgIpc) is 2.26. The molecular weight excluding hydrogens is 200 g/mol. The largest absolute Gasteiger partial charge is 0.396 e. The van der Waals surface area contributed by atoms with E-state index in [0.29, 0.717) is 6.61 Å². The van der Waals surface area contributed by atoms with E-state index in [1.165, 1.54) is 25.9 Å². The van der Waals surface area contributed by atoms with Crippen molar-refractivity contribution in [3.05, 3.63) is 0 Å². The first-order chi connectivity index (χ1) is 7.72. The smallest absolute Gasteiger partial charge is 0.0443 e. The third-order valence-electron chi connectivity index (χ3n) is 3.22. The molecule has 1 aliphatic rings. The average molecular weight is 228 g/mol. The van der Waals surface area contributed by atoms with Gasteiger partial charge in [0.25, 0.3) is 0 Å². The summed E-state index contributed by atoms with van der Waals surface area (Å²) in [4.78, 5) is 2.50. The SMILES string of the molecule is CC(C)CNCC1CCCN(CCCO)C1. The Morgan fingerprint density at radius 2 is 2.25 bits per heavy atom. The molecule has 0 aliphatic carbocycles. The standard InChI is InChI=1S/C13H28N2O/c1-12(2)9-14-10-13-5-3-6-15(11-13)7-4-8-16/h12-14,16H,3-11H2,1-2H3. The predicted molar refractivity (Wildman–Crippen MR) is 68.6 cm³/mol. The first-order valence-corrected chi connectivity index (χ1v) is 6.76. The number of rotatable bonds is 7. The lowest BCUT2D eigenvalue weighted by atomic mass is 9.97. The summed E-state index contributed by atoms with van der Waals surface area (Å²) in [6, 6.07) is 0. The molecule has 1 saturated heterocycles. The van der Waals surface area contributed by atoms with E-state index < -0.39 is 0 Å². The summed E-state index contributed by atoms with van der Waals surface area (Å²) < 4.78 is 0. The Morgan fingerprint density at radius 3 is 2.94 bits per heavy atom. The van der Waals surface area contributed by atoms with Gasteiger partial charge in [-0.05, 0) is 50.7 Å². The van der Waals surface area contributed by atoms with Crippen LogP contribution in [0.3, 0.4) is 0 Å². The minimum absolute atomic E-state index is 0.326. The minimum atomic E-state index is 0.326. The van der Waals surface area contributed by atoms with Crippen molar-refractivity contribution in [2.75, 3.05) is 39.3 Å². The van der Waals surface area contributed by atoms with Crippen LogP contribution in [-0.4, -0.2) is 49.3 Å². The molecule has 0 aromatic rings. The molecule has 3 nitrogen and oxygen atoms in total. The normalized spacial score (nSPS) is 22.9. The number of hydrogen-bond donors (Lipinski definition) is 2. The van der Waals surface area contributed by atoms with Gasteiger partial charge in [-0.25, -0.2) is 0 Å². The van der Waals surface area contributed by atoms with E-state index in [9.17, 15) is 0 Å². The summed E-state index contributed by atoms with van der Waals surface area (Å²) in [5.74, 6) is 1.56. The maximum absolute atomic E-state index is 8.83. The quantitative estimate of drug-likeness (QED) is 0.690. The van der Waals surface area contributed by atoms with Gasteiger partial charge in [0.1, 0.15) is 0 Å². The summed E-state index contributed by atoms with van der Waals surface area (Å²) in [6.07, 6.45) is 3.60. The van der Waals surface area contributed by atoms with Crippen molar-refractivity contribution in [2.45, 2.75) is 33.1 Å². The van der Waals surface area contributed by atoms with Gasteiger partial charge >= 0.3 is 0 Å². The van der Waals surface area contributed by atoms with Gasteiger partial charge in [0.05, 0.1) is 0 Å². The third-order valence-corrected chi connectivity index (χ3v) is 3.22. The number of nitrogens with zero attached hydrogens (tertiary/aromatic N) is 1. The van der Waals surface area contributed by atoms with E-state index in [1.807, 2.05) is 0 Å². The molecule has 0 aromatic carbocycles. The van der Waals surface area contributed by atoms with Crippen LogP contribution in [0.15, 0.2) is 0 Å². The molecule has 16 heavy (non-hydrogen) atoms. The zero-order valence-corrected chi connectivity index (χ0v) is 10.9. The van der Waals surface area contributed by atoms with Crippen molar-refractivity contribution in [1.29, 1.82) is 0 Å². The molecule has 96 valence electrons. The van der Waals surface area contributed by atoms with Gasteiger partial charge in [-0.1, -0.05) is 13.8 Å². The predicted octanol–water partition coefficient (Wildman–Crippen LogP) is 1.33. The Morgan fingerprint density at radius 1 is 1.44 bits per heavy atom. The summed E-state index contributed by atoms with van der Waals surface area (Å²) in [6.45, 7) is 10.6. The molecule has 3 heteroatoms. The topological polar surface area (TPSA) is 35.5 Å². The summed E-state index contributed by atoms with van der Waals surface area (Å²) in [5.41, 5.74) is 0. The third kappa shape index (κ3) is 5.83. The summed E-state index contributed by atoms with van der Waals surface area (Å²) in [7, 11) is 0. The molecule has 2 N–H and O–H groups in total. The van der Waals surface area contributed by atoms with Crippen molar-refractivity contribution in [3.8, 4) is 0 Å². The lowest BCUT2D eigenvalue weighted by Gasteiger charge is -2.32. The molecule has 0 spiro atoms. The second-order valence-electron chi connectivity index (χ2n) is 5.44. The Bertz CT molecular complexity index is 173. The van der Waals surface area contributed by atoms with Crippen LogP contribution in [0.2, 0.25) is 0 Å². The van der Waals surface area contributed by atoms with Gasteiger partial charge in [0.15, 0.2) is 0 Å². The van der Waals surface area contributed by atoms with Crippen LogP contribution in [0.5, 0.6) is 0 Å². The van der Waals surface area contributed by atoms with Crippen molar-refractivity contribution in [1.82, 2.24) is 10.2 Å². The van der Waals surface area contributed by atoms with Crippen LogP contribution >= 0.6 is 0 Å². The number of nitrogens with one attached hydrogen (secondary N) is 1. The molecule has 1 unspecified atom stereocenters. The Hall–Kier alpha value is -0.120. The second kappa shape index (κ2) is 8.04. The maximum atomic E-state index is 8.83. The van der Waals surface area contributed by atoms with E-state index in [-0.39, 0.29) is 0 Å². The molecule has 1 rings (SSSR count). The number of likely N-dealkylation sites (tertiary alicyclic amines) is 1. The zero-order valence-electron chi connectivity index (χ0n) is 10.9. The second-order valence-corrected chi connectivity index (χ2v) is 5.44. The summed E-state index contributed by atoms with van der Waals surface area (Å²) in [5, 5.41) is 12.4. The molecule has 0 bridgehead atoms. The maximum Gasteiger partial charge on any atom is 0.0443 e. The Kier molecular flexibility index (Phi) is 7.01. The number of hydrogen-bond acceptors (Lipinski definition) is 3. The molecule has 1 fully saturated rings. The molecule has 0 radical (unpaired) electrons. The van der Waals surface area contributed by atoms with Crippen LogP contribution < -0.4 is 5.32 Å². The lowest BCUT2D eigenvalue weighted by molar-refractivity contribution is 0.157. The lowest BCUT2D eigenvalue weighted by Crippen LogP contribution is -2.40. The molecular formula is C13H28N2O. The Balaban J connectivity index is 2.12. The van der Waals surface area contributed by atoms with Gasteiger partial charge < -0.3 is 15.3 Å². The highest BCUT2D eigenvalue weighted by Crippen LogP contribution is 2.15. The van der Waals surface area contributed by atoms with Gasteiger partial charge in [-0.15, -0.1) is 0 Å². The van der Waals surface area contributed by atoms with Crippen LogP contribution in [0.4, 0.5) is 0 Å². The van der Waals surface area contributed by atoms with Crippen molar-refractivity contribution in [3.63, 3.8) is 0 Å². The van der Waals surface area contributed by atoms with Gasteiger partial charge in [0, 0.05) is 19.7 Å². The fourth-order valence-electron chi connectivity index (χ4n) is 2.39.